The smallest absolute Gasteiger partial charge is 0.315 e. The topological polar surface area (TPSA) is 120 Å². The van der Waals surface area contributed by atoms with Crippen molar-refractivity contribution in [3.05, 3.63) is 0 Å². The standard InChI is InChI=1S/C56H108N2O7/c1-5-9-12-15-18-21-24-27-30-33-36-39-42-45-52(59)63-49-56(58-55(62)57-48-8-4,50-64-53(60)46-43-40-37-34-31-28-25-22-19-16-13-10-6-2)51-65-54(61)47-44-41-38-35-32-29-26-23-20-17-14-11-7-3/h5-51H2,1-4H3,(H2,57,58,62). The fourth-order valence-electron chi connectivity index (χ4n) is 8.49. The SMILES string of the molecule is CCCCCCCCCCCCCCCC(=O)OCC(COC(=O)CCCCCCCCCCCCCCC)(COC(=O)CCCCCCCCCCCCCCC)NC(=O)NCCC. The third kappa shape index (κ3) is 45.2. The number of urea groups is 1. The van der Waals surface area contributed by atoms with Crippen LogP contribution in [-0.2, 0) is 28.6 Å². The van der Waals surface area contributed by atoms with Crippen molar-refractivity contribution < 1.29 is 33.4 Å². The Balaban J connectivity index is 5.06. The van der Waals surface area contributed by atoms with Gasteiger partial charge in [0.1, 0.15) is 25.4 Å². The molecule has 0 spiro atoms. The maximum Gasteiger partial charge on any atom is 0.315 e. The number of hydrogen-bond donors (Lipinski definition) is 2. The van der Waals surface area contributed by atoms with E-state index in [9.17, 15) is 19.2 Å². The molecular weight excluding hydrogens is 813 g/mol. The minimum atomic E-state index is -1.42. The van der Waals surface area contributed by atoms with Crippen LogP contribution in [0.1, 0.15) is 304 Å². The van der Waals surface area contributed by atoms with E-state index in [-0.39, 0.29) is 57.0 Å². The summed E-state index contributed by atoms with van der Waals surface area (Å²) in [7, 11) is 0. The van der Waals surface area contributed by atoms with E-state index in [1.54, 1.807) is 0 Å². The number of hydrogen-bond acceptors (Lipinski definition) is 7. The summed E-state index contributed by atoms with van der Waals surface area (Å²) in [4.78, 5) is 52.3. The van der Waals surface area contributed by atoms with Crippen molar-refractivity contribution in [1.29, 1.82) is 0 Å². The highest BCUT2D eigenvalue weighted by atomic mass is 16.6. The van der Waals surface area contributed by atoms with Crippen molar-refractivity contribution in [3.8, 4) is 0 Å². The largest absolute Gasteiger partial charge is 0.463 e. The van der Waals surface area contributed by atoms with Gasteiger partial charge in [-0.2, -0.15) is 0 Å². The lowest BCUT2D eigenvalue weighted by molar-refractivity contribution is -0.156. The molecular formula is C56H108N2O7. The van der Waals surface area contributed by atoms with Crippen molar-refractivity contribution in [3.63, 3.8) is 0 Å². The Labute approximate surface area is 402 Å². The molecule has 0 saturated carbocycles. The molecule has 2 N–H and O–H groups in total. The van der Waals surface area contributed by atoms with Crippen molar-refractivity contribution >= 4 is 23.9 Å². The predicted octanol–water partition coefficient (Wildman–Crippen LogP) is 16.5. The van der Waals surface area contributed by atoms with Crippen LogP contribution in [0.2, 0.25) is 0 Å². The minimum Gasteiger partial charge on any atom is -0.463 e. The predicted molar refractivity (Wildman–Crippen MR) is 273 cm³/mol. The normalized spacial score (nSPS) is 11.4. The second-order valence-corrected chi connectivity index (χ2v) is 19.6. The molecule has 0 atom stereocenters. The van der Waals surface area contributed by atoms with Crippen LogP contribution >= 0.6 is 0 Å². The Morgan fingerprint density at radius 2 is 0.523 bits per heavy atom. The fourth-order valence-corrected chi connectivity index (χ4v) is 8.49. The van der Waals surface area contributed by atoms with Crippen LogP contribution in [0.4, 0.5) is 4.79 Å². The number of carbonyl (C=O) groups excluding carboxylic acids is 4. The molecule has 9 nitrogen and oxygen atoms in total. The molecule has 0 saturated heterocycles. The zero-order chi connectivity index (χ0) is 47.6. The van der Waals surface area contributed by atoms with Crippen molar-refractivity contribution in [2.75, 3.05) is 26.4 Å². The summed E-state index contributed by atoms with van der Waals surface area (Å²) in [6.07, 6.45) is 49.2. The second-order valence-electron chi connectivity index (χ2n) is 19.6. The van der Waals surface area contributed by atoms with Crippen molar-refractivity contribution in [2.24, 2.45) is 0 Å². The van der Waals surface area contributed by atoms with E-state index in [0.717, 1.165) is 64.2 Å². The summed E-state index contributed by atoms with van der Waals surface area (Å²) < 4.78 is 17.4. The van der Waals surface area contributed by atoms with Gasteiger partial charge in [0.05, 0.1) is 0 Å². The Morgan fingerprint density at radius 1 is 0.308 bits per heavy atom. The molecule has 0 aliphatic rings. The van der Waals surface area contributed by atoms with E-state index in [4.69, 9.17) is 14.2 Å². The zero-order valence-corrected chi connectivity index (χ0v) is 43.6. The van der Waals surface area contributed by atoms with Crippen LogP contribution in [0, 0.1) is 0 Å². The van der Waals surface area contributed by atoms with E-state index < -0.39 is 11.6 Å². The monoisotopic (exact) mass is 921 g/mol. The van der Waals surface area contributed by atoms with Gasteiger partial charge in [0.15, 0.2) is 0 Å². The van der Waals surface area contributed by atoms with Gasteiger partial charge in [-0.05, 0) is 25.7 Å². The summed E-state index contributed by atoms with van der Waals surface area (Å²) in [5.41, 5.74) is -1.42. The minimum absolute atomic E-state index is 0.262. The molecule has 0 aromatic carbocycles. The molecule has 9 heteroatoms. The highest BCUT2D eigenvalue weighted by Crippen LogP contribution is 2.18. The summed E-state index contributed by atoms with van der Waals surface area (Å²) in [6, 6.07) is -0.487. The van der Waals surface area contributed by atoms with E-state index in [1.165, 1.54) is 193 Å². The van der Waals surface area contributed by atoms with E-state index in [2.05, 4.69) is 31.4 Å². The first-order valence-corrected chi connectivity index (χ1v) is 28.3. The summed E-state index contributed by atoms with van der Waals surface area (Å²) >= 11 is 0. The Bertz CT molecular complexity index is 957. The summed E-state index contributed by atoms with van der Waals surface area (Å²) in [6.45, 7) is 8.39. The fraction of sp³-hybridized carbons (Fsp3) is 0.929. The first kappa shape index (κ1) is 62.7. The van der Waals surface area contributed by atoms with Crippen LogP contribution < -0.4 is 10.6 Å². The number of rotatable bonds is 51. The molecule has 2 amide bonds. The van der Waals surface area contributed by atoms with E-state index in [0.29, 0.717) is 6.54 Å². The average Bonchev–Trinajstić information content (AvgIpc) is 3.30. The van der Waals surface area contributed by atoms with Gasteiger partial charge < -0.3 is 24.8 Å². The lowest BCUT2D eigenvalue weighted by Crippen LogP contribution is -2.61. The molecule has 0 unspecified atom stereocenters. The molecule has 0 rings (SSSR count). The number of ether oxygens (including phenoxy) is 3. The second kappa shape index (κ2) is 49.6. The highest BCUT2D eigenvalue weighted by Gasteiger charge is 2.37. The maximum absolute atomic E-state index is 13.1. The van der Waals surface area contributed by atoms with Crippen LogP contribution in [0.5, 0.6) is 0 Å². The molecule has 384 valence electrons. The lowest BCUT2D eigenvalue weighted by atomic mass is 10.0. The van der Waals surface area contributed by atoms with Crippen LogP contribution in [0.25, 0.3) is 0 Å². The van der Waals surface area contributed by atoms with Crippen LogP contribution in [0.3, 0.4) is 0 Å². The molecule has 0 radical (unpaired) electrons. The molecule has 0 bridgehead atoms. The number of unbranched alkanes of at least 4 members (excludes halogenated alkanes) is 36. The third-order valence-corrected chi connectivity index (χ3v) is 12.9. The van der Waals surface area contributed by atoms with Crippen LogP contribution in [0.15, 0.2) is 0 Å². The zero-order valence-electron chi connectivity index (χ0n) is 43.6. The summed E-state index contributed by atoms with van der Waals surface area (Å²) in [5.74, 6) is -1.11. The van der Waals surface area contributed by atoms with Gasteiger partial charge >= 0.3 is 23.9 Å². The molecule has 0 aliphatic carbocycles. The van der Waals surface area contributed by atoms with E-state index in [1.807, 2.05) is 6.92 Å². The van der Waals surface area contributed by atoms with Gasteiger partial charge in [-0.15, -0.1) is 0 Å². The number of esters is 3. The Kier molecular flexibility index (Phi) is 47.8. The Morgan fingerprint density at radius 3 is 0.738 bits per heavy atom. The van der Waals surface area contributed by atoms with Crippen LogP contribution in [-0.4, -0.2) is 55.8 Å². The Hall–Kier alpha value is -2.32. The molecule has 0 aromatic heterocycles. The van der Waals surface area contributed by atoms with Crippen molar-refractivity contribution in [1.82, 2.24) is 10.6 Å². The summed E-state index contributed by atoms with van der Waals surface area (Å²) in [5, 5.41) is 5.72. The average molecular weight is 921 g/mol. The van der Waals surface area contributed by atoms with Gasteiger partial charge in [-0.3, -0.25) is 14.4 Å². The molecule has 0 aliphatic heterocycles. The quantitative estimate of drug-likeness (QED) is 0.0354. The van der Waals surface area contributed by atoms with Gasteiger partial charge in [0.25, 0.3) is 0 Å². The van der Waals surface area contributed by atoms with Gasteiger partial charge in [-0.25, -0.2) is 4.79 Å². The number of amides is 2. The number of nitrogens with one attached hydrogen (secondary N) is 2. The van der Waals surface area contributed by atoms with Gasteiger partial charge in [0, 0.05) is 25.8 Å². The van der Waals surface area contributed by atoms with Gasteiger partial charge in [0.2, 0.25) is 0 Å². The van der Waals surface area contributed by atoms with E-state index >= 15 is 0 Å². The molecule has 0 aromatic rings. The lowest BCUT2D eigenvalue weighted by Gasteiger charge is -2.33. The highest BCUT2D eigenvalue weighted by molar-refractivity contribution is 5.75. The molecule has 0 heterocycles. The van der Waals surface area contributed by atoms with Crippen molar-refractivity contribution in [2.45, 2.75) is 309 Å². The van der Waals surface area contributed by atoms with Gasteiger partial charge in [-0.1, -0.05) is 259 Å². The molecule has 65 heavy (non-hydrogen) atoms. The third-order valence-electron chi connectivity index (χ3n) is 12.9. The number of carbonyl (C=O) groups is 4. The maximum atomic E-state index is 13.1. The molecule has 0 fully saturated rings. The first-order chi connectivity index (χ1) is 31.8. The first-order valence-electron chi connectivity index (χ1n) is 28.3.